The van der Waals surface area contributed by atoms with Crippen molar-refractivity contribution in [3.05, 3.63) is 0 Å². The molecular formula is C14H38O12Si4. The van der Waals surface area contributed by atoms with E-state index in [2.05, 4.69) is 6.92 Å². The van der Waals surface area contributed by atoms with Gasteiger partial charge in [-0.3, -0.25) is 0 Å². The Kier molecular flexibility index (Phi) is 14.7. The first-order valence-corrected chi connectivity index (χ1v) is 16.1. The van der Waals surface area contributed by atoms with Gasteiger partial charge >= 0.3 is 35.9 Å². The molecule has 0 amide bonds. The Hall–Kier alpha value is 0.388. The maximum absolute atomic E-state index is 6.30. The second kappa shape index (κ2) is 14.5. The zero-order valence-corrected chi connectivity index (χ0v) is 23.7. The van der Waals surface area contributed by atoms with Gasteiger partial charge in [-0.25, -0.2) is 0 Å². The summed E-state index contributed by atoms with van der Waals surface area (Å²) in [6.07, 6.45) is 2.53. The molecule has 12 nitrogen and oxygen atoms in total. The fourth-order valence-electron chi connectivity index (χ4n) is 2.50. The van der Waals surface area contributed by atoms with Gasteiger partial charge in [-0.05, 0) is 6.42 Å². The fourth-order valence-corrected chi connectivity index (χ4v) is 15.1. The molecule has 182 valence electrons. The summed E-state index contributed by atoms with van der Waals surface area (Å²) in [4.78, 5) is 0. The van der Waals surface area contributed by atoms with E-state index in [1.54, 1.807) is 0 Å². The van der Waals surface area contributed by atoms with E-state index in [-0.39, 0.29) is 0 Å². The van der Waals surface area contributed by atoms with Crippen LogP contribution in [0.1, 0.15) is 26.2 Å². The predicted molar refractivity (Wildman–Crippen MR) is 114 cm³/mol. The highest BCUT2D eigenvalue weighted by molar-refractivity contribution is 6.82. The zero-order valence-electron chi connectivity index (χ0n) is 19.7. The molecule has 0 heterocycles. The van der Waals surface area contributed by atoms with Gasteiger partial charge in [0.2, 0.25) is 0 Å². The normalized spacial score (nSPS) is 13.8. The van der Waals surface area contributed by atoms with E-state index in [4.69, 9.17) is 52.2 Å². The van der Waals surface area contributed by atoms with E-state index in [1.165, 1.54) is 64.0 Å². The van der Waals surface area contributed by atoms with Crippen molar-refractivity contribution in [2.75, 3.05) is 64.0 Å². The highest BCUT2D eigenvalue weighted by Gasteiger charge is 2.65. The second-order valence-corrected chi connectivity index (χ2v) is 16.8. The van der Waals surface area contributed by atoms with Gasteiger partial charge in [-0.1, -0.05) is 19.8 Å². The van der Waals surface area contributed by atoms with E-state index in [9.17, 15) is 0 Å². The molecule has 30 heavy (non-hydrogen) atoms. The SMILES string of the molecule is CCCCC[Si](O[Si](OC)(OC)OC)(O[Si](OC)(OC)OC)O[Si](OC)(OC)OC. The van der Waals surface area contributed by atoms with Crippen molar-refractivity contribution in [3.8, 4) is 0 Å². The van der Waals surface area contributed by atoms with Crippen molar-refractivity contribution >= 4 is 35.9 Å². The first-order valence-electron chi connectivity index (χ1n) is 9.30. The molecule has 0 rings (SSSR count). The van der Waals surface area contributed by atoms with Crippen LogP contribution < -0.4 is 0 Å². The van der Waals surface area contributed by atoms with Crippen molar-refractivity contribution in [1.29, 1.82) is 0 Å². The third kappa shape index (κ3) is 8.06. The minimum absolute atomic E-state index is 0.321. The van der Waals surface area contributed by atoms with Crippen LogP contribution in [-0.4, -0.2) is 99.9 Å². The topological polar surface area (TPSA) is 111 Å². The average molecular weight is 511 g/mol. The lowest BCUT2D eigenvalue weighted by Crippen LogP contribution is -2.69. The molecule has 16 heteroatoms. The Labute approximate surface area is 184 Å². The standard InChI is InChI=1S/C14H38O12Si4/c1-11-12-13-14-27(24-28(15-2,16-3)17-4,25-29(18-5,19-6)20-7)26-30(21-8,22-9)23-10/h11-14H2,1-10H3. The van der Waals surface area contributed by atoms with Gasteiger partial charge < -0.3 is 52.2 Å². The van der Waals surface area contributed by atoms with Crippen molar-refractivity contribution in [2.45, 2.75) is 32.2 Å². The summed E-state index contributed by atoms with van der Waals surface area (Å²) in [5.74, 6) is 0. The summed E-state index contributed by atoms with van der Waals surface area (Å²) in [6.45, 7) is 2.07. The molecule has 0 saturated carbocycles. The first kappa shape index (κ1) is 30.4. The van der Waals surface area contributed by atoms with Gasteiger partial charge in [0, 0.05) is 70.0 Å². The third-order valence-electron chi connectivity index (χ3n) is 4.18. The largest absolute Gasteiger partial charge is 0.671 e. The van der Waals surface area contributed by atoms with Crippen molar-refractivity contribution in [1.82, 2.24) is 0 Å². The molecule has 0 radical (unpaired) electrons. The molecule has 0 aliphatic carbocycles. The summed E-state index contributed by atoms with van der Waals surface area (Å²) in [6, 6.07) is 0.321. The summed E-state index contributed by atoms with van der Waals surface area (Å²) >= 11 is 0. The molecule has 0 spiro atoms. The Morgan fingerprint density at radius 2 is 0.700 bits per heavy atom. The minimum atomic E-state index is -3.87. The molecule has 0 aromatic heterocycles. The number of hydrogen-bond donors (Lipinski definition) is 0. The minimum Gasteiger partial charge on any atom is -0.355 e. The van der Waals surface area contributed by atoms with Gasteiger partial charge in [-0.2, -0.15) is 0 Å². The fraction of sp³-hybridized carbons (Fsp3) is 1.00. The first-order chi connectivity index (χ1) is 14.2. The molecule has 0 N–H and O–H groups in total. The van der Waals surface area contributed by atoms with E-state index in [0.717, 1.165) is 12.8 Å². The van der Waals surface area contributed by atoms with Gasteiger partial charge in [0.15, 0.2) is 0 Å². The molecule has 0 aromatic carbocycles. The third-order valence-corrected chi connectivity index (χ3v) is 16.4. The molecule has 0 atom stereocenters. The summed E-state index contributed by atoms with van der Waals surface area (Å²) in [5, 5.41) is 0. The summed E-state index contributed by atoms with van der Waals surface area (Å²) in [5.41, 5.74) is 0. The molecule has 0 aliphatic heterocycles. The monoisotopic (exact) mass is 510 g/mol. The van der Waals surface area contributed by atoms with E-state index < -0.39 is 35.9 Å². The predicted octanol–water partition coefficient (Wildman–Crippen LogP) is 1.29. The summed E-state index contributed by atoms with van der Waals surface area (Å²) in [7, 11) is -2.19. The molecule has 0 aromatic rings. The molecule has 0 unspecified atom stereocenters. The van der Waals surface area contributed by atoms with Crippen molar-refractivity contribution in [2.24, 2.45) is 0 Å². The number of unbranched alkanes of at least 4 members (excludes halogenated alkanes) is 2. The van der Waals surface area contributed by atoms with Crippen LogP contribution in [0.4, 0.5) is 0 Å². The lowest BCUT2D eigenvalue weighted by Gasteiger charge is -2.41. The quantitative estimate of drug-likeness (QED) is 0.184. The van der Waals surface area contributed by atoms with Crippen LogP contribution >= 0.6 is 0 Å². The zero-order chi connectivity index (χ0) is 23.3. The molecule has 0 saturated heterocycles. The maximum Gasteiger partial charge on any atom is 0.671 e. The molecule has 0 fully saturated rings. The smallest absolute Gasteiger partial charge is 0.355 e. The highest BCUT2D eigenvalue weighted by Crippen LogP contribution is 2.32. The van der Waals surface area contributed by atoms with Crippen LogP contribution in [0.5, 0.6) is 0 Å². The highest BCUT2D eigenvalue weighted by atomic mass is 28.5. The van der Waals surface area contributed by atoms with Crippen LogP contribution in [0.15, 0.2) is 0 Å². The van der Waals surface area contributed by atoms with Crippen LogP contribution in [0.2, 0.25) is 6.04 Å². The average Bonchev–Trinajstić information content (AvgIpc) is 2.80. The molecule has 0 aliphatic rings. The van der Waals surface area contributed by atoms with Gasteiger partial charge in [0.05, 0.1) is 0 Å². The van der Waals surface area contributed by atoms with E-state index in [1.807, 2.05) is 0 Å². The lowest BCUT2D eigenvalue weighted by molar-refractivity contribution is -0.0260. The van der Waals surface area contributed by atoms with Crippen LogP contribution in [0.25, 0.3) is 0 Å². The number of hydrogen-bond acceptors (Lipinski definition) is 12. The Morgan fingerprint density at radius 1 is 0.433 bits per heavy atom. The van der Waals surface area contributed by atoms with Crippen LogP contribution in [0, 0.1) is 0 Å². The summed E-state index contributed by atoms with van der Waals surface area (Å²) < 4.78 is 68.1. The van der Waals surface area contributed by atoms with E-state index in [0.29, 0.717) is 12.5 Å². The van der Waals surface area contributed by atoms with Gasteiger partial charge in [0.1, 0.15) is 0 Å². The van der Waals surface area contributed by atoms with Crippen LogP contribution in [0.3, 0.4) is 0 Å². The Balaban J connectivity index is 6.50. The van der Waals surface area contributed by atoms with E-state index >= 15 is 0 Å². The Bertz CT molecular complexity index is 369. The molecular weight excluding hydrogens is 472 g/mol. The maximum atomic E-state index is 6.30. The molecule has 0 bridgehead atoms. The number of rotatable bonds is 19. The van der Waals surface area contributed by atoms with Crippen molar-refractivity contribution in [3.63, 3.8) is 0 Å². The van der Waals surface area contributed by atoms with Crippen molar-refractivity contribution < 1.29 is 52.2 Å². The van der Waals surface area contributed by atoms with Gasteiger partial charge in [0.25, 0.3) is 0 Å². The van der Waals surface area contributed by atoms with Gasteiger partial charge in [-0.15, -0.1) is 0 Å². The Morgan fingerprint density at radius 3 is 0.900 bits per heavy atom. The second-order valence-electron chi connectivity index (χ2n) is 5.78. The lowest BCUT2D eigenvalue weighted by atomic mass is 10.3. The van der Waals surface area contributed by atoms with Crippen LogP contribution in [-0.2, 0) is 52.2 Å².